The fourth-order valence-corrected chi connectivity index (χ4v) is 4.98. The van der Waals surface area contributed by atoms with E-state index < -0.39 is 17.8 Å². The normalized spacial score (nSPS) is 14.3. The molecule has 3 amide bonds. The zero-order valence-corrected chi connectivity index (χ0v) is 23.3. The van der Waals surface area contributed by atoms with Crippen LogP contribution in [-0.4, -0.2) is 63.2 Å². The number of carbonyl (C=O) groups is 3. The van der Waals surface area contributed by atoms with Crippen molar-refractivity contribution in [2.45, 2.75) is 25.3 Å². The van der Waals surface area contributed by atoms with Crippen LogP contribution in [0, 0.1) is 5.82 Å². The topological polar surface area (TPSA) is 126 Å². The number of urea groups is 1. The number of anilines is 4. The predicted molar refractivity (Wildman–Crippen MR) is 156 cm³/mol. The first-order valence-electron chi connectivity index (χ1n) is 13.2. The van der Waals surface area contributed by atoms with Gasteiger partial charge >= 0.3 is 12.0 Å². The van der Waals surface area contributed by atoms with Crippen molar-refractivity contribution in [3.05, 3.63) is 77.6 Å². The summed E-state index contributed by atoms with van der Waals surface area (Å²) >= 11 is 0. The zero-order chi connectivity index (χ0) is 29.5. The molecule has 4 rings (SSSR count). The molecule has 4 N–H and O–H groups in total. The highest BCUT2D eigenvalue weighted by Crippen LogP contribution is 2.29. The standard InChI is InChI=1S/C30H34FN5O5/c1-35(26-13-11-20(17-23(26)32)29(38)41-3)18-21-7-6-14-36(21)28(37)16-19-10-12-25(27(15-19)40-2)34-30(39)33-24-9-5-4-8-22(24)31/h4-5,8-13,15,17,21H,6-7,14,16,18,32H2,1-3H3,(H2,33,34,39). The van der Waals surface area contributed by atoms with Gasteiger partial charge in [-0.2, -0.15) is 0 Å². The molecular weight excluding hydrogens is 529 g/mol. The summed E-state index contributed by atoms with van der Waals surface area (Å²) in [5.41, 5.74) is 8.98. The molecular formula is C30H34FN5O5. The van der Waals surface area contributed by atoms with Gasteiger partial charge in [-0.25, -0.2) is 14.0 Å². The molecule has 1 atom stereocenters. The van der Waals surface area contributed by atoms with E-state index in [-0.39, 0.29) is 24.1 Å². The highest BCUT2D eigenvalue weighted by molar-refractivity contribution is 6.00. The van der Waals surface area contributed by atoms with Crippen molar-refractivity contribution in [2.75, 3.05) is 55.6 Å². The van der Waals surface area contributed by atoms with Crippen LogP contribution in [0.25, 0.3) is 0 Å². The maximum absolute atomic E-state index is 13.9. The lowest BCUT2D eigenvalue weighted by Gasteiger charge is -2.30. The van der Waals surface area contributed by atoms with E-state index >= 15 is 0 Å². The Kier molecular flexibility index (Phi) is 9.28. The number of carbonyl (C=O) groups excluding carboxylic acids is 3. The average molecular weight is 564 g/mol. The largest absolute Gasteiger partial charge is 0.495 e. The van der Waals surface area contributed by atoms with Gasteiger partial charge in [-0.3, -0.25) is 4.79 Å². The number of nitrogens with zero attached hydrogens (tertiary/aromatic N) is 2. The molecule has 0 spiro atoms. The smallest absolute Gasteiger partial charge is 0.337 e. The number of esters is 1. The van der Waals surface area contributed by atoms with Crippen molar-refractivity contribution in [3.63, 3.8) is 0 Å². The maximum atomic E-state index is 13.9. The number of hydrogen-bond acceptors (Lipinski definition) is 7. The Hall–Kier alpha value is -4.80. The molecule has 1 heterocycles. The molecule has 41 heavy (non-hydrogen) atoms. The zero-order valence-electron chi connectivity index (χ0n) is 23.3. The van der Waals surface area contributed by atoms with Crippen LogP contribution >= 0.6 is 0 Å². The summed E-state index contributed by atoms with van der Waals surface area (Å²) < 4.78 is 24.1. The fourth-order valence-electron chi connectivity index (χ4n) is 4.98. The van der Waals surface area contributed by atoms with Gasteiger partial charge in [0.25, 0.3) is 0 Å². The Morgan fingerprint density at radius 2 is 1.80 bits per heavy atom. The summed E-state index contributed by atoms with van der Waals surface area (Å²) in [5.74, 6) is -0.642. The highest BCUT2D eigenvalue weighted by atomic mass is 19.1. The molecule has 3 aromatic carbocycles. The molecule has 1 fully saturated rings. The minimum Gasteiger partial charge on any atom is -0.495 e. The molecule has 0 radical (unpaired) electrons. The Morgan fingerprint density at radius 1 is 1.05 bits per heavy atom. The number of rotatable bonds is 9. The van der Waals surface area contributed by atoms with Gasteiger partial charge in [-0.05, 0) is 60.9 Å². The first-order chi connectivity index (χ1) is 19.7. The quantitative estimate of drug-likeness (QED) is 0.258. The molecule has 3 aromatic rings. The van der Waals surface area contributed by atoms with Gasteiger partial charge in [-0.1, -0.05) is 18.2 Å². The maximum Gasteiger partial charge on any atom is 0.337 e. The number of nitrogen functional groups attached to an aromatic ring is 1. The van der Waals surface area contributed by atoms with E-state index in [2.05, 4.69) is 10.6 Å². The lowest BCUT2D eigenvalue weighted by atomic mass is 10.1. The van der Waals surface area contributed by atoms with Crippen molar-refractivity contribution in [3.8, 4) is 5.75 Å². The lowest BCUT2D eigenvalue weighted by molar-refractivity contribution is -0.131. The molecule has 0 aromatic heterocycles. The summed E-state index contributed by atoms with van der Waals surface area (Å²) in [5, 5.41) is 5.12. The number of para-hydroxylation sites is 1. The van der Waals surface area contributed by atoms with Crippen LogP contribution in [0.2, 0.25) is 0 Å². The summed E-state index contributed by atoms with van der Waals surface area (Å²) in [6, 6.07) is 15.4. The van der Waals surface area contributed by atoms with E-state index in [1.54, 1.807) is 42.5 Å². The van der Waals surface area contributed by atoms with Crippen LogP contribution in [0.15, 0.2) is 60.7 Å². The molecule has 0 aliphatic carbocycles. The van der Waals surface area contributed by atoms with Crippen molar-refractivity contribution in [2.24, 2.45) is 0 Å². The van der Waals surface area contributed by atoms with Gasteiger partial charge in [0.15, 0.2) is 0 Å². The van der Waals surface area contributed by atoms with E-state index in [9.17, 15) is 18.8 Å². The van der Waals surface area contributed by atoms with Crippen LogP contribution in [0.3, 0.4) is 0 Å². The van der Waals surface area contributed by atoms with E-state index in [4.69, 9.17) is 15.2 Å². The number of likely N-dealkylation sites (N-methyl/N-ethyl adjacent to an activating group) is 1. The number of amides is 3. The third-order valence-electron chi connectivity index (χ3n) is 7.03. The Morgan fingerprint density at radius 3 is 2.51 bits per heavy atom. The summed E-state index contributed by atoms with van der Waals surface area (Å²) in [6.07, 6.45) is 1.91. The second kappa shape index (κ2) is 13.0. The van der Waals surface area contributed by atoms with Crippen molar-refractivity contribution in [1.29, 1.82) is 0 Å². The van der Waals surface area contributed by atoms with Gasteiger partial charge < -0.3 is 35.6 Å². The SMILES string of the molecule is COC(=O)c1ccc(N(C)CC2CCCN2C(=O)Cc2ccc(NC(=O)Nc3ccccc3F)c(OC)c2)c(N)c1. The molecule has 1 aliphatic rings. The summed E-state index contributed by atoms with van der Waals surface area (Å²) in [6.45, 7) is 1.23. The van der Waals surface area contributed by atoms with Crippen LogP contribution in [0.1, 0.15) is 28.8 Å². The molecule has 1 unspecified atom stereocenters. The third kappa shape index (κ3) is 7.05. The van der Waals surface area contributed by atoms with E-state index in [1.165, 1.54) is 32.4 Å². The van der Waals surface area contributed by atoms with Gasteiger partial charge in [-0.15, -0.1) is 0 Å². The fraction of sp³-hybridized carbons (Fsp3) is 0.300. The number of nitrogens with two attached hydrogens (primary N) is 1. The Balaban J connectivity index is 1.38. The third-order valence-corrected chi connectivity index (χ3v) is 7.03. The molecule has 1 saturated heterocycles. The van der Waals surface area contributed by atoms with Crippen LogP contribution in [0.5, 0.6) is 5.75 Å². The molecule has 0 saturated carbocycles. The number of halogens is 1. The van der Waals surface area contributed by atoms with Gasteiger partial charge in [0.1, 0.15) is 11.6 Å². The number of likely N-dealkylation sites (tertiary alicyclic amines) is 1. The number of ether oxygens (including phenoxy) is 2. The van der Waals surface area contributed by atoms with E-state index in [0.29, 0.717) is 35.8 Å². The Bertz CT molecular complexity index is 1430. The monoisotopic (exact) mass is 563 g/mol. The minimum atomic E-state index is -0.623. The lowest BCUT2D eigenvalue weighted by Crippen LogP contribution is -2.43. The predicted octanol–water partition coefficient (Wildman–Crippen LogP) is 4.52. The van der Waals surface area contributed by atoms with Crippen LogP contribution < -0.4 is 26.0 Å². The highest BCUT2D eigenvalue weighted by Gasteiger charge is 2.30. The minimum absolute atomic E-state index is 0.00269. The average Bonchev–Trinajstić information content (AvgIpc) is 3.42. The second-order valence-corrected chi connectivity index (χ2v) is 9.80. The van der Waals surface area contributed by atoms with Crippen LogP contribution in [0.4, 0.5) is 31.9 Å². The molecule has 1 aliphatic heterocycles. The van der Waals surface area contributed by atoms with E-state index in [0.717, 1.165) is 24.1 Å². The van der Waals surface area contributed by atoms with Crippen molar-refractivity contribution < 1.29 is 28.2 Å². The first kappa shape index (κ1) is 29.2. The molecule has 216 valence electrons. The number of methoxy groups -OCH3 is 2. The number of benzene rings is 3. The first-order valence-corrected chi connectivity index (χ1v) is 13.2. The number of hydrogen-bond donors (Lipinski definition) is 3. The van der Waals surface area contributed by atoms with Gasteiger partial charge in [0.05, 0.1) is 49.0 Å². The molecule has 11 heteroatoms. The van der Waals surface area contributed by atoms with E-state index in [1.807, 2.05) is 16.8 Å². The number of nitrogens with one attached hydrogen (secondary N) is 2. The van der Waals surface area contributed by atoms with Crippen molar-refractivity contribution >= 4 is 40.7 Å². The molecule has 0 bridgehead atoms. The molecule has 10 nitrogen and oxygen atoms in total. The van der Waals surface area contributed by atoms with Gasteiger partial charge in [0.2, 0.25) is 5.91 Å². The summed E-state index contributed by atoms with van der Waals surface area (Å²) in [4.78, 5) is 41.4. The Labute approximate surface area is 238 Å². The summed E-state index contributed by atoms with van der Waals surface area (Å²) in [7, 11) is 4.69. The second-order valence-electron chi connectivity index (χ2n) is 9.80. The van der Waals surface area contributed by atoms with Crippen molar-refractivity contribution in [1.82, 2.24) is 4.90 Å². The van der Waals surface area contributed by atoms with Gasteiger partial charge in [0, 0.05) is 26.2 Å². The van der Waals surface area contributed by atoms with Crippen LogP contribution in [-0.2, 0) is 16.0 Å².